The summed E-state index contributed by atoms with van der Waals surface area (Å²) in [6, 6.07) is 17.3. The third kappa shape index (κ3) is 3.04. The Balaban J connectivity index is 2.18. The van der Waals surface area contributed by atoms with Crippen LogP contribution in [0.1, 0.15) is 11.3 Å². The van der Waals surface area contributed by atoms with Crippen LogP contribution in [0, 0.1) is 22.7 Å². The number of nitriles is 2. The van der Waals surface area contributed by atoms with E-state index < -0.39 is 0 Å². The van der Waals surface area contributed by atoms with Crippen molar-refractivity contribution >= 4 is 11.8 Å². The standard InChI is InChI=1S/C20H13N3O/c21-14-17(15-22)19-10-4-5-11-23(19)20(13-18-9-6-12-24-18)16-7-2-1-3-8-16/h1-13H. The highest BCUT2D eigenvalue weighted by Crippen LogP contribution is 2.30. The molecule has 4 heteroatoms. The summed E-state index contributed by atoms with van der Waals surface area (Å²) >= 11 is 0. The average Bonchev–Trinajstić information content (AvgIpc) is 3.15. The van der Waals surface area contributed by atoms with Crippen molar-refractivity contribution in [3.63, 3.8) is 0 Å². The van der Waals surface area contributed by atoms with Crippen molar-refractivity contribution in [2.45, 2.75) is 0 Å². The number of furan rings is 1. The van der Waals surface area contributed by atoms with Gasteiger partial charge in [0.05, 0.1) is 17.7 Å². The van der Waals surface area contributed by atoms with Crippen LogP contribution < -0.4 is 0 Å². The lowest BCUT2D eigenvalue weighted by Gasteiger charge is -2.26. The van der Waals surface area contributed by atoms with Gasteiger partial charge in [0.25, 0.3) is 0 Å². The van der Waals surface area contributed by atoms with Gasteiger partial charge >= 0.3 is 0 Å². The summed E-state index contributed by atoms with van der Waals surface area (Å²) in [5.74, 6) is 0.687. The topological polar surface area (TPSA) is 64.0 Å². The molecular formula is C20H13N3O. The van der Waals surface area contributed by atoms with E-state index in [1.807, 2.05) is 77.9 Å². The fourth-order valence-electron chi connectivity index (χ4n) is 2.41. The van der Waals surface area contributed by atoms with Gasteiger partial charge in [-0.3, -0.25) is 0 Å². The Morgan fingerprint density at radius 3 is 2.46 bits per heavy atom. The van der Waals surface area contributed by atoms with E-state index in [-0.39, 0.29) is 5.57 Å². The van der Waals surface area contributed by atoms with Gasteiger partial charge in [-0.25, -0.2) is 0 Å². The number of benzene rings is 1. The van der Waals surface area contributed by atoms with Crippen LogP contribution in [0.3, 0.4) is 0 Å². The third-order valence-electron chi connectivity index (χ3n) is 3.49. The molecule has 0 amide bonds. The smallest absolute Gasteiger partial charge is 0.153 e. The van der Waals surface area contributed by atoms with E-state index in [1.54, 1.807) is 18.4 Å². The van der Waals surface area contributed by atoms with Crippen LogP contribution >= 0.6 is 0 Å². The van der Waals surface area contributed by atoms with Crippen molar-refractivity contribution < 1.29 is 4.42 Å². The molecule has 1 aromatic heterocycles. The van der Waals surface area contributed by atoms with Crippen molar-refractivity contribution in [1.29, 1.82) is 10.5 Å². The lowest BCUT2D eigenvalue weighted by atomic mass is 10.1. The SMILES string of the molecule is N#CC(C#N)=C1C=CC=CN1C(=Cc1ccco1)c1ccccc1. The van der Waals surface area contributed by atoms with E-state index >= 15 is 0 Å². The van der Waals surface area contributed by atoms with Crippen molar-refractivity contribution in [2.75, 3.05) is 0 Å². The molecule has 4 nitrogen and oxygen atoms in total. The molecule has 0 aliphatic carbocycles. The molecule has 0 spiro atoms. The number of nitrogens with zero attached hydrogens (tertiary/aromatic N) is 3. The van der Waals surface area contributed by atoms with E-state index in [9.17, 15) is 10.5 Å². The molecule has 0 atom stereocenters. The third-order valence-corrected chi connectivity index (χ3v) is 3.49. The Labute approximate surface area is 140 Å². The Kier molecular flexibility index (Phi) is 4.42. The van der Waals surface area contributed by atoms with Crippen LogP contribution in [-0.4, -0.2) is 4.90 Å². The quantitative estimate of drug-likeness (QED) is 0.785. The van der Waals surface area contributed by atoms with Crippen LogP contribution in [-0.2, 0) is 0 Å². The van der Waals surface area contributed by atoms with Crippen LogP contribution in [0.15, 0.2) is 88.8 Å². The number of hydrogen-bond acceptors (Lipinski definition) is 4. The number of allylic oxidation sites excluding steroid dienone is 4. The highest BCUT2D eigenvalue weighted by molar-refractivity contribution is 5.81. The minimum absolute atomic E-state index is 0.0527. The first-order valence-corrected chi connectivity index (χ1v) is 7.32. The highest BCUT2D eigenvalue weighted by atomic mass is 16.3. The molecule has 2 aromatic rings. The van der Waals surface area contributed by atoms with Gasteiger partial charge in [0, 0.05) is 12.3 Å². The molecule has 3 rings (SSSR count). The molecule has 1 aliphatic rings. The Morgan fingerprint density at radius 2 is 1.79 bits per heavy atom. The number of hydrogen-bond donors (Lipinski definition) is 0. The van der Waals surface area contributed by atoms with Crippen molar-refractivity contribution in [3.8, 4) is 12.1 Å². The van der Waals surface area contributed by atoms with E-state index in [0.29, 0.717) is 11.5 Å². The van der Waals surface area contributed by atoms with Crippen LogP contribution in [0.25, 0.3) is 11.8 Å². The fraction of sp³-hybridized carbons (Fsp3) is 0. The minimum atomic E-state index is 0.0527. The molecule has 0 radical (unpaired) electrons. The maximum absolute atomic E-state index is 9.25. The van der Waals surface area contributed by atoms with Crippen LogP contribution in [0.2, 0.25) is 0 Å². The maximum Gasteiger partial charge on any atom is 0.153 e. The first-order valence-electron chi connectivity index (χ1n) is 7.32. The molecule has 0 bridgehead atoms. The van der Waals surface area contributed by atoms with Gasteiger partial charge in [0.2, 0.25) is 0 Å². The molecule has 24 heavy (non-hydrogen) atoms. The van der Waals surface area contributed by atoms with E-state index in [1.165, 1.54) is 0 Å². The van der Waals surface area contributed by atoms with Crippen molar-refractivity contribution in [1.82, 2.24) is 4.90 Å². The minimum Gasteiger partial charge on any atom is -0.465 e. The second-order valence-corrected chi connectivity index (χ2v) is 4.97. The molecule has 0 unspecified atom stereocenters. The number of rotatable bonds is 3. The lowest BCUT2D eigenvalue weighted by molar-refractivity contribution is 0.555. The zero-order valence-corrected chi connectivity index (χ0v) is 12.8. The first kappa shape index (κ1) is 15.1. The summed E-state index contributed by atoms with van der Waals surface area (Å²) in [5, 5.41) is 18.5. The van der Waals surface area contributed by atoms with Crippen molar-refractivity contribution in [3.05, 3.63) is 95.7 Å². The van der Waals surface area contributed by atoms with E-state index in [2.05, 4.69) is 0 Å². The second kappa shape index (κ2) is 7.00. The molecular weight excluding hydrogens is 298 g/mol. The Bertz CT molecular complexity index is 902. The van der Waals surface area contributed by atoms with Crippen LogP contribution in [0.4, 0.5) is 0 Å². The molecule has 1 aromatic carbocycles. The monoisotopic (exact) mass is 311 g/mol. The van der Waals surface area contributed by atoms with Crippen molar-refractivity contribution in [2.24, 2.45) is 0 Å². The summed E-state index contributed by atoms with van der Waals surface area (Å²) in [7, 11) is 0. The fourth-order valence-corrected chi connectivity index (χ4v) is 2.41. The second-order valence-electron chi connectivity index (χ2n) is 4.97. The zero-order valence-electron chi connectivity index (χ0n) is 12.8. The Hall–Kier alpha value is -3.76. The predicted molar refractivity (Wildman–Crippen MR) is 91.4 cm³/mol. The molecule has 0 saturated carbocycles. The lowest BCUT2D eigenvalue weighted by Crippen LogP contribution is -2.17. The molecule has 0 N–H and O–H groups in total. The summed E-state index contributed by atoms with van der Waals surface area (Å²) in [4.78, 5) is 1.82. The van der Waals surface area contributed by atoms with Gasteiger partial charge in [-0.15, -0.1) is 0 Å². The first-order chi connectivity index (χ1) is 11.8. The van der Waals surface area contributed by atoms with Gasteiger partial charge in [-0.1, -0.05) is 36.4 Å². The van der Waals surface area contributed by atoms with Crippen LogP contribution in [0.5, 0.6) is 0 Å². The normalized spacial score (nSPS) is 13.5. The van der Waals surface area contributed by atoms with Gasteiger partial charge in [-0.2, -0.15) is 10.5 Å². The highest BCUT2D eigenvalue weighted by Gasteiger charge is 2.18. The van der Waals surface area contributed by atoms with E-state index in [4.69, 9.17) is 4.42 Å². The molecule has 1 aliphatic heterocycles. The zero-order chi connectivity index (χ0) is 16.8. The van der Waals surface area contributed by atoms with Gasteiger partial charge < -0.3 is 9.32 Å². The molecule has 114 valence electrons. The molecule has 2 heterocycles. The predicted octanol–water partition coefficient (Wildman–Crippen LogP) is 4.46. The average molecular weight is 311 g/mol. The molecule has 0 fully saturated rings. The van der Waals surface area contributed by atoms with E-state index in [0.717, 1.165) is 11.3 Å². The van der Waals surface area contributed by atoms with Gasteiger partial charge in [0.1, 0.15) is 17.9 Å². The summed E-state index contributed by atoms with van der Waals surface area (Å²) < 4.78 is 5.43. The summed E-state index contributed by atoms with van der Waals surface area (Å²) in [6.07, 6.45) is 10.7. The summed E-state index contributed by atoms with van der Waals surface area (Å²) in [5.41, 5.74) is 2.34. The Morgan fingerprint density at radius 1 is 1.00 bits per heavy atom. The molecule has 0 saturated heterocycles. The summed E-state index contributed by atoms with van der Waals surface area (Å²) in [6.45, 7) is 0. The van der Waals surface area contributed by atoms with Gasteiger partial charge in [-0.05, 0) is 29.8 Å². The van der Waals surface area contributed by atoms with Gasteiger partial charge in [0.15, 0.2) is 5.57 Å². The maximum atomic E-state index is 9.25. The largest absolute Gasteiger partial charge is 0.465 e.